The number of carbonyl (C=O) groups excluding carboxylic acids is 8. The van der Waals surface area contributed by atoms with Gasteiger partial charge < -0.3 is 41.7 Å². The molecule has 0 saturated carbocycles. The number of rotatable bonds is 68. The molecule has 16 nitrogen and oxygen atoms in total. The van der Waals surface area contributed by atoms with Crippen molar-refractivity contribution in [3.05, 3.63) is 24.3 Å². The number of nitrogens with zero attached hydrogens (tertiary/aromatic N) is 2. The summed E-state index contributed by atoms with van der Waals surface area (Å²) in [4.78, 5) is 102. The molecule has 0 bridgehead atoms. The summed E-state index contributed by atoms with van der Waals surface area (Å²) in [5, 5.41) is 18.0. The molecule has 0 aromatic carbocycles. The van der Waals surface area contributed by atoms with Gasteiger partial charge in [-0.3, -0.25) is 28.8 Å². The van der Waals surface area contributed by atoms with E-state index in [0.717, 1.165) is 122 Å². The number of allylic oxidation sites excluding steroid dienone is 4. The van der Waals surface area contributed by atoms with E-state index in [1.807, 2.05) is 0 Å². The molecule has 0 spiro atoms. The van der Waals surface area contributed by atoms with Gasteiger partial charge in [-0.2, -0.15) is 0 Å². The molecule has 2 fully saturated rings. The van der Waals surface area contributed by atoms with Crippen LogP contribution >= 0.6 is 0 Å². The Hall–Kier alpha value is -8.28. The summed E-state index contributed by atoms with van der Waals surface area (Å²) in [7, 11) is 0. The van der Waals surface area contributed by atoms with Gasteiger partial charge in [0.2, 0.25) is 23.6 Å². The zero-order valence-corrected chi connectivity index (χ0v) is 72.8. The average molecular weight is 1610 g/mol. The molecule has 6 N–H and O–H groups in total. The molecule has 2 aliphatic carbocycles. The Morgan fingerprint density at radius 3 is 0.940 bits per heavy atom. The fourth-order valence-electron chi connectivity index (χ4n) is 17.1. The number of unbranched alkanes of at least 4 members (excludes halogenated alkanes) is 28. The normalized spacial score (nSPS) is 18.2. The highest BCUT2D eigenvalue weighted by molar-refractivity contribution is 5.81. The minimum absolute atomic E-state index is 0.0151. The zero-order chi connectivity index (χ0) is 83.9. The van der Waals surface area contributed by atoms with Crippen LogP contribution < -0.4 is 31.9 Å². The summed E-state index contributed by atoms with van der Waals surface area (Å²) in [6.07, 6.45) is 72.9. The van der Waals surface area contributed by atoms with E-state index in [2.05, 4.69) is 153 Å². The number of urea groups is 2. The summed E-state index contributed by atoms with van der Waals surface area (Å²) >= 11 is 0. The highest BCUT2D eigenvalue weighted by atomic mass is 16.2. The van der Waals surface area contributed by atoms with Gasteiger partial charge in [-0.05, 0) is 216 Å². The predicted octanol–water partition coefficient (Wildman–Crippen LogP) is 18.7. The van der Waals surface area contributed by atoms with Crippen molar-refractivity contribution in [1.29, 1.82) is 0 Å². The highest BCUT2D eigenvalue weighted by Gasteiger charge is 2.36. The first-order valence-corrected chi connectivity index (χ1v) is 46.8. The van der Waals surface area contributed by atoms with Crippen LogP contribution in [-0.4, -0.2) is 123 Å². The molecule has 644 valence electrons. The van der Waals surface area contributed by atoms with Crippen LogP contribution in [0.2, 0.25) is 0 Å². The smallest absolute Gasteiger partial charge is 0.317 e. The maximum atomic E-state index is 12.8. The van der Waals surface area contributed by atoms with Crippen LogP contribution in [0, 0.1) is 143 Å². The van der Waals surface area contributed by atoms with Crippen LogP contribution in [0.4, 0.5) is 9.59 Å². The Kier molecular flexibility index (Phi) is 60.2. The number of hydrogen-bond donors (Lipinski definition) is 6. The molecule has 0 aromatic heterocycles. The predicted molar refractivity (Wildman–Crippen MR) is 479 cm³/mol. The van der Waals surface area contributed by atoms with Gasteiger partial charge in [-0.25, -0.2) is 9.59 Å². The number of ketones is 2. The van der Waals surface area contributed by atoms with Crippen LogP contribution in [0.3, 0.4) is 0 Å². The zero-order valence-electron chi connectivity index (χ0n) is 72.8. The lowest BCUT2D eigenvalue weighted by Crippen LogP contribution is -2.31. The van der Waals surface area contributed by atoms with Crippen LogP contribution in [0.1, 0.15) is 354 Å². The Morgan fingerprint density at radius 2 is 0.598 bits per heavy atom. The van der Waals surface area contributed by atoms with Crippen molar-refractivity contribution in [3.8, 4) is 95.7 Å². The van der Waals surface area contributed by atoms with Gasteiger partial charge in [-0.15, -0.1) is 12.8 Å². The fourth-order valence-corrected chi connectivity index (χ4v) is 17.1. The first kappa shape index (κ1) is 101. The molecule has 8 amide bonds. The summed E-state index contributed by atoms with van der Waals surface area (Å²) in [6.45, 7) is 11.2. The Balaban J connectivity index is 1.05. The quantitative estimate of drug-likeness (QED) is 0.0195. The molecule has 0 radical (unpaired) electrons. The lowest BCUT2D eigenvalue weighted by atomic mass is 9.66. The van der Waals surface area contributed by atoms with Gasteiger partial charge >= 0.3 is 12.1 Å². The molecule has 16 heteroatoms. The number of amides is 8. The SMILES string of the molecule is C#CC#CC#CC#CC1C(CCCCCCCCNC(=O)CCCCC(=O)CCCN2CCNC2=O)C=CC(CCCCCC)C1CCCCCCCCNC(=O)CCCCC(=O)NCCCCCCCCC1C=CC(CCCCCC)C(CCCCCCCCNC(=O)CCCC(=O)CCCN2CCNC2=O)C1C#CC#CC#CC#C. The van der Waals surface area contributed by atoms with Crippen molar-refractivity contribution in [2.24, 2.45) is 47.3 Å². The minimum atomic E-state index is -0.0537. The number of nitrogens with one attached hydrogen (secondary N) is 6. The molecule has 8 unspecified atom stereocenters. The Bertz CT molecular complexity index is 3420. The Morgan fingerprint density at radius 1 is 0.325 bits per heavy atom. The van der Waals surface area contributed by atoms with Crippen molar-refractivity contribution < 1.29 is 38.4 Å². The molecule has 2 aliphatic heterocycles. The minimum Gasteiger partial charge on any atom is -0.356 e. The molecule has 4 aliphatic rings. The van der Waals surface area contributed by atoms with Gasteiger partial charge in [-0.1, -0.05) is 230 Å². The van der Waals surface area contributed by atoms with E-state index < -0.39 is 0 Å². The van der Waals surface area contributed by atoms with E-state index >= 15 is 0 Å². The van der Waals surface area contributed by atoms with E-state index in [4.69, 9.17) is 12.8 Å². The lowest BCUT2D eigenvalue weighted by Gasteiger charge is -2.38. The first-order valence-electron chi connectivity index (χ1n) is 46.8. The maximum absolute atomic E-state index is 12.8. The number of terminal acetylenes is 2. The van der Waals surface area contributed by atoms with Gasteiger partial charge in [0.05, 0.1) is 0 Å². The maximum Gasteiger partial charge on any atom is 0.317 e. The molecule has 8 atom stereocenters. The standard InChI is InChI=1S/C101H152N8O8/c1-5-9-13-17-29-41-64-94-88(58-39-27-19-23-33-49-76-102-96(112)68-46-45-60-90(110)62-54-82-108-84-80-106-100(108)116)74-72-86(56-37-15-11-7-3)92(94)66-43-31-21-25-35-51-78-104-98(114)70-48-47-69-97(113)103-77-50-34-24-20-28-40-59-89-75-73-87(57-38-16-12-8-4)93(95(89)65-42-30-18-14-10-6-2)67-44-32-22-26-36-52-79-105-99(115)71-53-61-91(111)63-55-83-109-85-81-107-101(109)117/h1-2,72-75,86-89,92-95H,7-8,11-12,15-16,19-28,31-40,43-63,66-71,76-85H2,3-4H3,(H,102,112)(H,103,113)(H,104,114)(H,105,115)(H,106,116)(H,107,117). The fraction of sp³-hybridized carbons (Fsp3) is 0.723. The molecular formula is C101H152N8O8. The third kappa shape index (κ3) is 51.0. The van der Waals surface area contributed by atoms with E-state index in [1.54, 1.807) is 9.80 Å². The van der Waals surface area contributed by atoms with Crippen LogP contribution in [0.15, 0.2) is 24.3 Å². The lowest BCUT2D eigenvalue weighted by molar-refractivity contribution is -0.123. The highest BCUT2D eigenvalue weighted by Crippen LogP contribution is 2.44. The van der Waals surface area contributed by atoms with Gasteiger partial charge in [0.1, 0.15) is 11.6 Å². The average Bonchev–Trinajstić information content (AvgIpc) is 1.08. The van der Waals surface area contributed by atoms with E-state index in [-0.39, 0.29) is 59.1 Å². The second-order valence-electron chi connectivity index (χ2n) is 33.4. The molecule has 4 rings (SSSR count). The van der Waals surface area contributed by atoms with E-state index in [0.29, 0.717) is 191 Å². The van der Waals surface area contributed by atoms with Crippen LogP contribution in [-0.2, 0) is 28.8 Å². The van der Waals surface area contributed by atoms with Crippen molar-refractivity contribution >= 4 is 47.3 Å². The van der Waals surface area contributed by atoms with Crippen LogP contribution in [0.25, 0.3) is 0 Å². The number of Topliss-reactive ketones (excluding diaryl/α,β-unsaturated/α-hetero) is 2. The first-order chi connectivity index (χ1) is 57.4. The second-order valence-corrected chi connectivity index (χ2v) is 33.4. The number of hydrogen-bond acceptors (Lipinski definition) is 8. The molecular weight excluding hydrogens is 1450 g/mol. The summed E-state index contributed by atoms with van der Waals surface area (Å²) in [6, 6.07) is -0.0977. The van der Waals surface area contributed by atoms with Crippen molar-refractivity contribution in [1.82, 2.24) is 41.7 Å². The number of carbonyl (C=O) groups is 8. The topological polar surface area (TPSA) is 215 Å². The molecule has 2 heterocycles. The summed E-state index contributed by atoms with van der Waals surface area (Å²) in [5.74, 6) is 44.5. The third-order valence-electron chi connectivity index (χ3n) is 23.9. The molecule has 2 saturated heterocycles. The largest absolute Gasteiger partial charge is 0.356 e. The Labute approximate surface area is 710 Å². The molecule has 0 aromatic rings. The monoisotopic (exact) mass is 1610 g/mol. The molecule has 117 heavy (non-hydrogen) atoms. The van der Waals surface area contributed by atoms with E-state index in [9.17, 15) is 38.4 Å². The summed E-state index contributed by atoms with van der Waals surface area (Å²) < 4.78 is 0. The van der Waals surface area contributed by atoms with Crippen molar-refractivity contribution in [2.45, 2.75) is 354 Å². The van der Waals surface area contributed by atoms with Crippen molar-refractivity contribution in [3.63, 3.8) is 0 Å². The summed E-state index contributed by atoms with van der Waals surface area (Å²) in [5.41, 5.74) is 0. The third-order valence-corrected chi connectivity index (χ3v) is 23.9. The van der Waals surface area contributed by atoms with Crippen LogP contribution in [0.5, 0.6) is 0 Å². The van der Waals surface area contributed by atoms with Gasteiger partial charge in [0, 0.05) is 129 Å². The van der Waals surface area contributed by atoms with E-state index in [1.165, 1.54) is 128 Å². The van der Waals surface area contributed by atoms with Gasteiger partial charge in [0.25, 0.3) is 0 Å². The van der Waals surface area contributed by atoms with Gasteiger partial charge in [0.15, 0.2) is 0 Å². The van der Waals surface area contributed by atoms with Crippen molar-refractivity contribution in [2.75, 3.05) is 65.4 Å². The second kappa shape index (κ2) is 69.6.